The van der Waals surface area contributed by atoms with Gasteiger partial charge >= 0.3 is 0 Å². The predicted molar refractivity (Wildman–Crippen MR) is 47.6 cm³/mol. The van der Waals surface area contributed by atoms with E-state index in [9.17, 15) is 0 Å². The first-order valence-electron chi connectivity index (χ1n) is 5.05. The molecule has 4 aliphatic rings. The molecule has 4 aliphatic carbocycles. The lowest BCUT2D eigenvalue weighted by atomic mass is 9.28. The van der Waals surface area contributed by atoms with Crippen LogP contribution in [0.3, 0.4) is 0 Å². The average molecular weight is 166 g/mol. The highest BCUT2D eigenvalue weighted by Gasteiger charge is 2.77. The standard InChI is InChI=1S/C10H14S/c11-10-4-3-7(10)8-5-1-2-6(5)9(8)10/h5-9,11H,1-4H2. The largest absolute Gasteiger partial charge is 0.172 e. The summed E-state index contributed by atoms with van der Waals surface area (Å²) in [6.45, 7) is 0. The van der Waals surface area contributed by atoms with E-state index in [2.05, 4.69) is 0 Å². The van der Waals surface area contributed by atoms with E-state index in [1.165, 1.54) is 24.7 Å². The molecule has 0 aromatic carbocycles. The average Bonchev–Trinajstić information content (AvgIpc) is 1.94. The third-order valence-corrected chi connectivity index (χ3v) is 6.15. The van der Waals surface area contributed by atoms with Crippen LogP contribution >= 0.6 is 12.6 Å². The fourth-order valence-corrected chi connectivity index (χ4v) is 5.36. The van der Waals surface area contributed by atoms with Gasteiger partial charge in [0.25, 0.3) is 0 Å². The normalized spacial score (nSPS) is 75.5. The zero-order valence-electron chi connectivity index (χ0n) is 6.66. The van der Waals surface area contributed by atoms with Crippen molar-refractivity contribution in [2.24, 2.45) is 29.6 Å². The van der Waals surface area contributed by atoms with Crippen LogP contribution in [0.4, 0.5) is 0 Å². The summed E-state index contributed by atoms with van der Waals surface area (Å²) < 4.78 is 0.576. The van der Waals surface area contributed by atoms with Crippen molar-refractivity contribution in [1.82, 2.24) is 0 Å². The van der Waals surface area contributed by atoms with E-state index in [0.29, 0.717) is 4.75 Å². The minimum absolute atomic E-state index is 0.576. The minimum Gasteiger partial charge on any atom is -0.172 e. The van der Waals surface area contributed by atoms with Crippen LogP contribution in [-0.4, -0.2) is 4.75 Å². The van der Waals surface area contributed by atoms with Gasteiger partial charge in [-0.1, -0.05) is 0 Å². The molecule has 4 fully saturated rings. The molecule has 0 bridgehead atoms. The first-order chi connectivity index (χ1) is 5.32. The van der Waals surface area contributed by atoms with Gasteiger partial charge in [-0.2, -0.15) is 12.6 Å². The summed E-state index contributed by atoms with van der Waals surface area (Å²) in [5.74, 6) is 5.65. The Kier molecular flexibility index (Phi) is 0.756. The van der Waals surface area contributed by atoms with E-state index in [1.807, 2.05) is 0 Å². The lowest BCUT2D eigenvalue weighted by Gasteiger charge is -2.81. The van der Waals surface area contributed by atoms with Crippen molar-refractivity contribution in [1.29, 1.82) is 0 Å². The van der Waals surface area contributed by atoms with Crippen molar-refractivity contribution in [2.45, 2.75) is 30.4 Å². The lowest BCUT2D eigenvalue weighted by molar-refractivity contribution is -0.266. The summed E-state index contributed by atoms with van der Waals surface area (Å²) >= 11 is 4.86. The summed E-state index contributed by atoms with van der Waals surface area (Å²) in [5.41, 5.74) is 0. The molecule has 60 valence electrons. The lowest BCUT2D eigenvalue weighted by Crippen LogP contribution is -2.79. The molecular formula is C10H14S. The summed E-state index contributed by atoms with van der Waals surface area (Å²) in [5, 5.41) is 0. The number of rotatable bonds is 0. The molecule has 6 unspecified atom stereocenters. The van der Waals surface area contributed by atoms with Crippen LogP contribution in [0.5, 0.6) is 0 Å². The number of fused-ring (bicyclic) bond motifs is 7. The Hall–Kier alpha value is 0.350. The quantitative estimate of drug-likeness (QED) is 0.525. The summed E-state index contributed by atoms with van der Waals surface area (Å²) in [7, 11) is 0. The third-order valence-electron chi connectivity index (χ3n) is 5.29. The highest BCUT2D eigenvalue weighted by atomic mass is 32.1. The summed E-state index contributed by atoms with van der Waals surface area (Å²) in [4.78, 5) is 0. The Morgan fingerprint density at radius 2 is 1.91 bits per heavy atom. The molecule has 0 aromatic heterocycles. The topological polar surface area (TPSA) is 0 Å². The van der Waals surface area contributed by atoms with Crippen LogP contribution in [-0.2, 0) is 0 Å². The molecular weight excluding hydrogens is 152 g/mol. The molecule has 4 rings (SSSR count). The van der Waals surface area contributed by atoms with E-state index < -0.39 is 0 Å². The van der Waals surface area contributed by atoms with Gasteiger partial charge in [-0.05, 0) is 55.3 Å². The molecule has 4 saturated carbocycles. The number of thiol groups is 1. The van der Waals surface area contributed by atoms with Gasteiger partial charge in [-0.3, -0.25) is 0 Å². The van der Waals surface area contributed by atoms with Gasteiger partial charge in [-0.25, -0.2) is 0 Å². The van der Waals surface area contributed by atoms with Crippen LogP contribution in [0.1, 0.15) is 25.7 Å². The smallest absolute Gasteiger partial charge is 0.0194 e. The molecule has 0 aliphatic heterocycles. The Bertz CT molecular complexity index is 237. The SMILES string of the molecule is SC12CCC1C1C3CCC3C12. The van der Waals surface area contributed by atoms with Crippen LogP contribution in [0.15, 0.2) is 0 Å². The first-order valence-corrected chi connectivity index (χ1v) is 5.49. The van der Waals surface area contributed by atoms with Crippen molar-refractivity contribution in [3.63, 3.8) is 0 Å². The van der Waals surface area contributed by atoms with Gasteiger partial charge in [0.05, 0.1) is 0 Å². The third kappa shape index (κ3) is 0.384. The second kappa shape index (κ2) is 1.41. The molecule has 0 N–H and O–H groups in total. The molecule has 0 aromatic rings. The zero-order chi connectivity index (χ0) is 7.22. The molecule has 0 saturated heterocycles. The summed E-state index contributed by atoms with van der Waals surface area (Å²) in [6.07, 6.45) is 6.05. The van der Waals surface area contributed by atoms with Crippen molar-refractivity contribution in [2.75, 3.05) is 0 Å². The zero-order valence-corrected chi connectivity index (χ0v) is 7.56. The Morgan fingerprint density at radius 1 is 1.09 bits per heavy atom. The van der Waals surface area contributed by atoms with Crippen LogP contribution in [0.2, 0.25) is 0 Å². The van der Waals surface area contributed by atoms with Crippen LogP contribution < -0.4 is 0 Å². The van der Waals surface area contributed by atoms with Crippen molar-refractivity contribution in [3.8, 4) is 0 Å². The van der Waals surface area contributed by atoms with E-state index in [1.54, 1.807) is 12.8 Å². The highest BCUT2D eigenvalue weighted by Crippen LogP contribution is 2.80. The minimum atomic E-state index is 0.576. The monoisotopic (exact) mass is 166 g/mol. The molecule has 11 heavy (non-hydrogen) atoms. The van der Waals surface area contributed by atoms with Gasteiger partial charge in [0.15, 0.2) is 0 Å². The highest BCUT2D eigenvalue weighted by molar-refractivity contribution is 7.82. The Morgan fingerprint density at radius 3 is 2.36 bits per heavy atom. The van der Waals surface area contributed by atoms with E-state index >= 15 is 0 Å². The van der Waals surface area contributed by atoms with Gasteiger partial charge in [0, 0.05) is 4.75 Å². The fourth-order valence-electron chi connectivity index (χ4n) is 4.56. The van der Waals surface area contributed by atoms with Crippen molar-refractivity contribution < 1.29 is 0 Å². The number of hydrogen-bond donors (Lipinski definition) is 1. The van der Waals surface area contributed by atoms with Crippen LogP contribution in [0.25, 0.3) is 0 Å². The molecule has 0 amide bonds. The van der Waals surface area contributed by atoms with Crippen molar-refractivity contribution in [3.05, 3.63) is 0 Å². The van der Waals surface area contributed by atoms with Crippen molar-refractivity contribution >= 4 is 12.6 Å². The predicted octanol–water partition coefficient (Wildman–Crippen LogP) is 2.35. The Balaban J connectivity index is 1.72. The van der Waals surface area contributed by atoms with E-state index in [0.717, 1.165) is 17.8 Å². The van der Waals surface area contributed by atoms with E-state index in [-0.39, 0.29) is 0 Å². The second-order valence-electron chi connectivity index (χ2n) is 5.14. The number of hydrogen-bond acceptors (Lipinski definition) is 1. The summed E-state index contributed by atoms with van der Waals surface area (Å²) in [6, 6.07) is 0. The van der Waals surface area contributed by atoms with Gasteiger partial charge < -0.3 is 0 Å². The molecule has 0 heterocycles. The van der Waals surface area contributed by atoms with Crippen LogP contribution in [0, 0.1) is 29.6 Å². The molecule has 0 nitrogen and oxygen atoms in total. The first kappa shape index (κ1) is 5.90. The van der Waals surface area contributed by atoms with Gasteiger partial charge in [0.1, 0.15) is 0 Å². The fraction of sp³-hybridized carbons (Fsp3) is 1.00. The molecule has 1 heteroatoms. The molecule has 6 atom stereocenters. The maximum atomic E-state index is 4.86. The van der Waals surface area contributed by atoms with Gasteiger partial charge in [0.2, 0.25) is 0 Å². The second-order valence-corrected chi connectivity index (χ2v) is 5.98. The molecule has 0 spiro atoms. The van der Waals surface area contributed by atoms with Gasteiger partial charge in [-0.15, -0.1) is 0 Å². The van der Waals surface area contributed by atoms with E-state index in [4.69, 9.17) is 12.6 Å². The molecule has 0 radical (unpaired) electrons. The maximum Gasteiger partial charge on any atom is 0.0194 e. The maximum absolute atomic E-state index is 4.86. The Labute approximate surface area is 73.2 Å².